The molecule has 37 heavy (non-hydrogen) atoms. The van der Waals surface area contributed by atoms with Crippen LogP contribution < -0.4 is 21.7 Å². The number of aliphatic carboxylic acids is 1. The van der Waals surface area contributed by atoms with Crippen LogP contribution in [0.3, 0.4) is 0 Å². The van der Waals surface area contributed by atoms with Gasteiger partial charge in [-0.15, -0.1) is 0 Å². The van der Waals surface area contributed by atoms with Gasteiger partial charge in [-0.25, -0.2) is 9.78 Å². The smallest absolute Gasteiger partial charge is 0.326 e. The number of aromatic amines is 1. The Balaban J connectivity index is 2.15. The average molecular weight is 533 g/mol. The summed E-state index contributed by atoms with van der Waals surface area (Å²) in [7, 11) is 0. The zero-order chi connectivity index (χ0) is 27.4. The Kier molecular flexibility index (Phi) is 12.1. The number of thioether (sulfide) groups is 1. The molecule has 1 heterocycles. The fourth-order valence-corrected chi connectivity index (χ4v) is 4.08. The van der Waals surface area contributed by atoms with E-state index < -0.39 is 47.9 Å². The van der Waals surface area contributed by atoms with E-state index in [-0.39, 0.29) is 25.2 Å². The molecule has 0 radical (unpaired) electrons. The first-order chi connectivity index (χ1) is 17.6. The molecule has 2 rings (SSSR count). The molecule has 0 saturated carbocycles. The first kappa shape index (κ1) is 29.8. The fourth-order valence-electron chi connectivity index (χ4n) is 3.61. The Hall–Kier alpha value is -3.38. The summed E-state index contributed by atoms with van der Waals surface area (Å²) in [6.07, 6.45) is 5.50. The van der Waals surface area contributed by atoms with Gasteiger partial charge in [-0.05, 0) is 29.9 Å². The minimum absolute atomic E-state index is 0.144. The Labute approximate surface area is 220 Å². The molecular formula is C25H36N6O5S. The number of benzene rings is 1. The van der Waals surface area contributed by atoms with E-state index in [4.69, 9.17) is 5.73 Å². The molecule has 2 aromatic rings. The Morgan fingerprint density at radius 1 is 1.00 bits per heavy atom. The molecule has 3 amide bonds. The summed E-state index contributed by atoms with van der Waals surface area (Å²) in [5.74, 6) is -2.61. The number of hydrogen-bond donors (Lipinski definition) is 6. The van der Waals surface area contributed by atoms with E-state index in [1.165, 1.54) is 18.1 Å². The van der Waals surface area contributed by atoms with Crippen LogP contribution in [0.25, 0.3) is 0 Å². The highest BCUT2D eigenvalue weighted by molar-refractivity contribution is 7.98. The van der Waals surface area contributed by atoms with Crippen LogP contribution in [0.15, 0.2) is 42.9 Å². The molecule has 0 aliphatic rings. The second kappa shape index (κ2) is 15.0. The summed E-state index contributed by atoms with van der Waals surface area (Å²) in [5.41, 5.74) is 7.48. The standard InChI is InChI=1S/C25H36N6O5S/c1-15(2)21(31-22(32)18(26)12-17-13-27-14-28-17)24(34)30-20(11-16-7-5-4-6-8-16)23(33)29-19(25(35)36)9-10-37-3/h4-8,13-15,18-21H,9-12,26H2,1-3H3,(H,27,28)(H,29,33)(H,30,34)(H,31,32)(H,35,36). The highest BCUT2D eigenvalue weighted by atomic mass is 32.2. The van der Waals surface area contributed by atoms with Gasteiger partial charge in [0.15, 0.2) is 0 Å². The number of carboxylic acid groups (broad SMARTS) is 1. The molecule has 0 bridgehead atoms. The normalized spacial score (nSPS) is 14.3. The number of nitrogens with two attached hydrogens (primary N) is 1. The molecule has 12 heteroatoms. The van der Waals surface area contributed by atoms with Gasteiger partial charge >= 0.3 is 5.97 Å². The van der Waals surface area contributed by atoms with Crippen LogP contribution in [-0.4, -0.2) is 74.9 Å². The molecule has 0 spiro atoms. The molecule has 11 nitrogen and oxygen atoms in total. The third-order valence-electron chi connectivity index (χ3n) is 5.72. The number of carbonyl (C=O) groups excluding carboxylic acids is 3. The summed E-state index contributed by atoms with van der Waals surface area (Å²) < 4.78 is 0. The van der Waals surface area contributed by atoms with Crippen LogP contribution in [0.4, 0.5) is 0 Å². The second-order valence-corrected chi connectivity index (χ2v) is 10.0. The first-order valence-electron chi connectivity index (χ1n) is 12.0. The quantitative estimate of drug-likeness (QED) is 0.191. The lowest BCUT2D eigenvalue weighted by Gasteiger charge is -2.27. The average Bonchev–Trinajstić information content (AvgIpc) is 3.37. The van der Waals surface area contributed by atoms with Crippen LogP contribution in [0, 0.1) is 5.92 Å². The fraction of sp³-hybridized carbons (Fsp3) is 0.480. The lowest BCUT2D eigenvalue weighted by molar-refractivity contribution is -0.142. The molecule has 0 fully saturated rings. The number of rotatable bonds is 15. The Bertz CT molecular complexity index is 1020. The number of amides is 3. The number of aromatic nitrogens is 2. The predicted octanol–water partition coefficient (Wildman–Crippen LogP) is 0.470. The van der Waals surface area contributed by atoms with Gasteiger partial charge in [0.2, 0.25) is 17.7 Å². The number of hydrogen-bond acceptors (Lipinski definition) is 7. The number of nitrogens with zero attached hydrogens (tertiary/aromatic N) is 1. The maximum absolute atomic E-state index is 13.3. The third kappa shape index (κ3) is 9.89. The van der Waals surface area contributed by atoms with Gasteiger partial charge in [0, 0.05) is 24.7 Å². The van der Waals surface area contributed by atoms with Gasteiger partial charge in [-0.1, -0.05) is 44.2 Å². The summed E-state index contributed by atoms with van der Waals surface area (Å²) in [5, 5.41) is 17.5. The SMILES string of the molecule is CSCCC(NC(=O)C(Cc1ccccc1)NC(=O)C(NC(=O)C(N)Cc1cnc[nH]1)C(C)C)C(=O)O. The van der Waals surface area contributed by atoms with Crippen LogP contribution in [0.2, 0.25) is 0 Å². The molecule has 202 valence electrons. The zero-order valence-corrected chi connectivity index (χ0v) is 22.1. The van der Waals surface area contributed by atoms with E-state index >= 15 is 0 Å². The van der Waals surface area contributed by atoms with E-state index in [0.29, 0.717) is 11.4 Å². The van der Waals surface area contributed by atoms with Gasteiger partial charge in [0.25, 0.3) is 0 Å². The highest BCUT2D eigenvalue weighted by Gasteiger charge is 2.31. The van der Waals surface area contributed by atoms with Crippen molar-refractivity contribution in [2.45, 2.75) is 57.3 Å². The van der Waals surface area contributed by atoms with Crippen molar-refractivity contribution in [3.05, 3.63) is 54.1 Å². The van der Waals surface area contributed by atoms with Crippen molar-refractivity contribution in [3.63, 3.8) is 0 Å². The van der Waals surface area contributed by atoms with E-state index in [1.54, 1.807) is 20.0 Å². The predicted molar refractivity (Wildman–Crippen MR) is 142 cm³/mol. The van der Waals surface area contributed by atoms with Crippen molar-refractivity contribution in [1.82, 2.24) is 25.9 Å². The van der Waals surface area contributed by atoms with Gasteiger partial charge in [0.1, 0.15) is 18.1 Å². The van der Waals surface area contributed by atoms with Crippen LogP contribution in [-0.2, 0) is 32.0 Å². The van der Waals surface area contributed by atoms with Crippen molar-refractivity contribution < 1.29 is 24.3 Å². The zero-order valence-electron chi connectivity index (χ0n) is 21.3. The minimum Gasteiger partial charge on any atom is -0.480 e. The molecule has 4 unspecified atom stereocenters. The monoisotopic (exact) mass is 532 g/mol. The van der Waals surface area contributed by atoms with Gasteiger partial charge in [0.05, 0.1) is 12.4 Å². The van der Waals surface area contributed by atoms with Crippen LogP contribution in [0.5, 0.6) is 0 Å². The van der Waals surface area contributed by atoms with Crippen LogP contribution >= 0.6 is 11.8 Å². The number of carboxylic acids is 1. The molecule has 0 aliphatic heterocycles. The second-order valence-electron chi connectivity index (χ2n) is 9.05. The van der Waals surface area contributed by atoms with Crippen LogP contribution in [0.1, 0.15) is 31.5 Å². The summed E-state index contributed by atoms with van der Waals surface area (Å²) in [6.45, 7) is 3.53. The Morgan fingerprint density at radius 2 is 1.68 bits per heavy atom. The lowest BCUT2D eigenvalue weighted by Crippen LogP contribution is -2.59. The topological polar surface area (TPSA) is 179 Å². The highest BCUT2D eigenvalue weighted by Crippen LogP contribution is 2.09. The molecule has 1 aromatic heterocycles. The van der Waals surface area contributed by atoms with E-state index in [0.717, 1.165) is 5.56 Å². The Morgan fingerprint density at radius 3 is 2.24 bits per heavy atom. The van der Waals surface area contributed by atoms with Crippen molar-refractivity contribution in [1.29, 1.82) is 0 Å². The largest absolute Gasteiger partial charge is 0.480 e. The molecular weight excluding hydrogens is 496 g/mol. The lowest BCUT2D eigenvalue weighted by atomic mass is 10.00. The summed E-state index contributed by atoms with van der Waals surface area (Å²) in [4.78, 5) is 57.6. The van der Waals surface area contributed by atoms with Gasteiger partial charge in [-0.2, -0.15) is 11.8 Å². The number of H-pyrrole nitrogens is 1. The number of carbonyl (C=O) groups is 4. The van der Waals surface area contributed by atoms with Crippen molar-refractivity contribution in [2.24, 2.45) is 11.7 Å². The maximum Gasteiger partial charge on any atom is 0.326 e. The third-order valence-corrected chi connectivity index (χ3v) is 6.36. The van der Waals surface area contributed by atoms with Gasteiger partial charge in [-0.3, -0.25) is 14.4 Å². The number of nitrogens with one attached hydrogen (secondary N) is 4. The van der Waals surface area contributed by atoms with E-state index in [2.05, 4.69) is 25.9 Å². The maximum atomic E-state index is 13.3. The molecule has 1 aromatic carbocycles. The molecule has 0 aliphatic carbocycles. The van der Waals surface area contributed by atoms with Crippen molar-refractivity contribution in [2.75, 3.05) is 12.0 Å². The number of imidazole rings is 1. The van der Waals surface area contributed by atoms with E-state index in [1.807, 2.05) is 36.6 Å². The minimum atomic E-state index is -1.15. The molecule has 0 saturated heterocycles. The first-order valence-corrected chi connectivity index (χ1v) is 13.4. The van der Waals surface area contributed by atoms with Crippen molar-refractivity contribution in [3.8, 4) is 0 Å². The molecule has 4 atom stereocenters. The van der Waals surface area contributed by atoms with Crippen molar-refractivity contribution >= 4 is 35.5 Å². The van der Waals surface area contributed by atoms with Gasteiger partial charge < -0.3 is 31.8 Å². The molecule has 7 N–H and O–H groups in total. The van der Waals surface area contributed by atoms with E-state index in [9.17, 15) is 24.3 Å². The summed E-state index contributed by atoms with van der Waals surface area (Å²) >= 11 is 1.47. The summed E-state index contributed by atoms with van der Waals surface area (Å²) in [6, 6.07) is 5.06.